The average Bonchev–Trinajstić information content (AvgIpc) is 2.46. The highest BCUT2D eigenvalue weighted by Gasteiger charge is 2.14. The highest BCUT2D eigenvalue weighted by molar-refractivity contribution is 9.10. The van der Waals surface area contributed by atoms with Crippen LogP contribution >= 0.6 is 27.5 Å². The number of nitrogens with zero attached hydrogens (tertiary/aromatic N) is 1. The van der Waals surface area contributed by atoms with Crippen LogP contribution in [0.2, 0.25) is 5.02 Å². The highest BCUT2D eigenvalue weighted by atomic mass is 79.9. The number of rotatable bonds is 5. The summed E-state index contributed by atoms with van der Waals surface area (Å²) in [5, 5.41) is 0.639. The molecule has 1 unspecified atom stereocenters. The molecule has 2 rings (SSSR count). The second-order valence-electron chi connectivity index (χ2n) is 4.28. The summed E-state index contributed by atoms with van der Waals surface area (Å²) in [7, 11) is 1.63. The number of halogens is 2. The molecule has 0 fully saturated rings. The number of methoxy groups -OCH3 is 1. The molecule has 0 aliphatic heterocycles. The second kappa shape index (κ2) is 7.04. The van der Waals surface area contributed by atoms with Gasteiger partial charge < -0.3 is 4.74 Å². The van der Waals surface area contributed by atoms with E-state index < -0.39 is 0 Å². The minimum atomic E-state index is -0.0443. The molecule has 106 valence electrons. The lowest BCUT2D eigenvalue weighted by Gasteiger charge is -2.18. The minimum absolute atomic E-state index is 0.0443. The molecule has 1 aromatic carbocycles. The third-order valence-corrected chi connectivity index (χ3v) is 4.02. The molecule has 0 radical (unpaired) electrons. The van der Waals surface area contributed by atoms with E-state index in [4.69, 9.17) is 22.2 Å². The molecule has 0 saturated carbocycles. The molecule has 6 heteroatoms. The quantitative estimate of drug-likeness (QED) is 0.638. The Labute approximate surface area is 131 Å². The topological polar surface area (TPSA) is 60.2 Å². The Balaban J connectivity index is 2.24. The monoisotopic (exact) mass is 355 g/mol. The summed E-state index contributed by atoms with van der Waals surface area (Å²) in [6.45, 7) is 0. The number of aromatic nitrogens is 1. The summed E-state index contributed by atoms with van der Waals surface area (Å²) in [5.41, 5.74) is 4.86. The maximum Gasteiger partial charge on any atom is 0.133 e. The fraction of sp³-hybridized carbons (Fsp3) is 0.214. The molecule has 1 aromatic heterocycles. The lowest BCUT2D eigenvalue weighted by molar-refractivity contribution is 0.411. The molecule has 0 aliphatic carbocycles. The Morgan fingerprint density at radius 1 is 1.45 bits per heavy atom. The number of hydrogen-bond donors (Lipinski definition) is 2. The van der Waals surface area contributed by atoms with Crippen molar-refractivity contribution in [3.8, 4) is 5.75 Å². The van der Waals surface area contributed by atoms with Crippen LogP contribution in [-0.4, -0.2) is 12.1 Å². The molecule has 1 heterocycles. The number of nitrogens with one attached hydrogen (secondary N) is 1. The lowest BCUT2D eigenvalue weighted by atomic mass is 10.00. The number of benzene rings is 1. The van der Waals surface area contributed by atoms with Crippen LogP contribution in [0.5, 0.6) is 5.75 Å². The Morgan fingerprint density at radius 2 is 2.25 bits per heavy atom. The van der Waals surface area contributed by atoms with Crippen LogP contribution in [0.4, 0.5) is 0 Å². The van der Waals surface area contributed by atoms with E-state index in [0.29, 0.717) is 11.4 Å². The van der Waals surface area contributed by atoms with Crippen molar-refractivity contribution in [3.63, 3.8) is 0 Å². The van der Waals surface area contributed by atoms with Crippen LogP contribution in [0.1, 0.15) is 17.2 Å². The molecular formula is C14H15BrClN3O. The van der Waals surface area contributed by atoms with Crippen molar-refractivity contribution in [1.29, 1.82) is 0 Å². The molecule has 20 heavy (non-hydrogen) atoms. The zero-order valence-corrected chi connectivity index (χ0v) is 13.3. The number of ether oxygens (including phenoxy) is 1. The van der Waals surface area contributed by atoms with E-state index in [1.807, 2.05) is 24.3 Å². The lowest BCUT2D eigenvalue weighted by Crippen LogP contribution is -2.29. The van der Waals surface area contributed by atoms with Gasteiger partial charge in [-0.3, -0.25) is 16.3 Å². The number of hydrogen-bond acceptors (Lipinski definition) is 4. The van der Waals surface area contributed by atoms with Crippen LogP contribution in [0.3, 0.4) is 0 Å². The van der Waals surface area contributed by atoms with Gasteiger partial charge in [-0.25, -0.2) is 0 Å². The second-order valence-corrected chi connectivity index (χ2v) is 5.55. The summed E-state index contributed by atoms with van der Waals surface area (Å²) >= 11 is 9.61. The maximum absolute atomic E-state index is 6.13. The van der Waals surface area contributed by atoms with Gasteiger partial charge in [0.2, 0.25) is 0 Å². The predicted molar refractivity (Wildman–Crippen MR) is 83.7 cm³/mol. The van der Waals surface area contributed by atoms with Crippen molar-refractivity contribution in [2.45, 2.75) is 12.5 Å². The standard InChI is InChI=1S/C14H15BrClN3O/c1-20-14-3-2-10(6-11(14)15)13(19-17)7-9-4-5-18-8-12(9)16/h2-6,8,13,19H,7,17H2,1H3. The molecule has 2 aromatic rings. The summed E-state index contributed by atoms with van der Waals surface area (Å²) in [6.07, 6.45) is 4.03. The van der Waals surface area contributed by atoms with E-state index in [1.54, 1.807) is 19.5 Å². The third kappa shape index (κ3) is 3.49. The van der Waals surface area contributed by atoms with Crippen LogP contribution in [0.25, 0.3) is 0 Å². The van der Waals surface area contributed by atoms with Gasteiger partial charge in [0.25, 0.3) is 0 Å². The Kier molecular flexibility index (Phi) is 5.37. The SMILES string of the molecule is COc1ccc(C(Cc2ccncc2Cl)NN)cc1Br. The van der Waals surface area contributed by atoms with Gasteiger partial charge in [0.15, 0.2) is 0 Å². The Morgan fingerprint density at radius 3 is 2.85 bits per heavy atom. The molecule has 1 atom stereocenters. The normalized spacial score (nSPS) is 12.2. The molecule has 0 saturated heterocycles. The van der Waals surface area contributed by atoms with Gasteiger partial charge in [-0.1, -0.05) is 17.7 Å². The molecule has 3 N–H and O–H groups in total. The van der Waals surface area contributed by atoms with Gasteiger partial charge in [0.1, 0.15) is 5.75 Å². The molecule has 0 amide bonds. The molecular weight excluding hydrogens is 342 g/mol. The fourth-order valence-electron chi connectivity index (χ4n) is 1.96. The van der Waals surface area contributed by atoms with Crippen molar-refractivity contribution in [1.82, 2.24) is 10.4 Å². The molecule has 0 aliphatic rings. The maximum atomic E-state index is 6.13. The third-order valence-electron chi connectivity index (χ3n) is 3.06. The van der Waals surface area contributed by atoms with Gasteiger partial charge in [0, 0.05) is 12.4 Å². The first-order chi connectivity index (χ1) is 9.65. The zero-order chi connectivity index (χ0) is 14.5. The van der Waals surface area contributed by atoms with Crippen molar-refractivity contribution >= 4 is 27.5 Å². The van der Waals surface area contributed by atoms with Crippen molar-refractivity contribution in [2.75, 3.05) is 7.11 Å². The van der Waals surface area contributed by atoms with Crippen molar-refractivity contribution < 1.29 is 4.74 Å². The Hall–Kier alpha value is -1.14. The van der Waals surface area contributed by atoms with E-state index in [2.05, 4.69) is 26.3 Å². The number of hydrazine groups is 1. The smallest absolute Gasteiger partial charge is 0.133 e. The molecule has 0 spiro atoms. The molecule has 4 nitrogen and oxygen atoms in total. The van der Waals surface area contributed by atoms with Gasteiger partial charge in [-0.15, -0.1) is 0 Å². The van der Waals surface area contributed by atoms with E-state index >= 15 is 0 Å². The van der Waals surface area contributed by atoms with E-state index in [0.717, 1.165) is 21.3 Å². The van der Waals surface area contributed by atoms with E-state index in [-0.39, 0.29) is 6.04 Å². The van der Waals surface area contributed by atoms with Crippen LogP contribution < -0.4 is 16.0 Å². The molecule has 0 bridgehead atoms. The van der Waals surface area contributed by atoms with Crippen LogP contribution in [0.15, 0.2) is 41.1 Å². The van der Waals surface area contributed by atoms with Crippen LogP contribution in [0, 0.1) is 0 Å². The summed E-state index contributed by atoms with van der Waals surface area (Å²) < 4.78 is 6.11. The first kappa shape index (κ1) is 15.3. The van der Waals surface area contributed by atoms with Crippen LogP contribution in [-0.2, 0) is 6.42 Å². The minimum Gasteiger partial charge on any atom is -0.496 e. The largest absolute Gasteiger partial charge is 0.496 e. The average molecular weight is 357 g/mol. The van der Waals surface area contributed by atoms with Gasteiger partial charge in [-0.2, -0.15) is 0 Å². The first-order valence-corrected chi connectivity index (χ1v) is 7.20. The summed E-state index contributed by atoms with van der Waals surface area (Å²) in [5.74, 6) is 6.45. The fourth-order valence-corrected chi connectivity index (χ4v) is 2.72. The predicted octanol–water partition coefficient (Wildman–Crippen LogP) is 3.25. The van der Waals surface area contributed by atoms with Gasteiger partial charge in [0.05, 0.1) is 22.6 Å². The van der Waals surface area contributed by atoms with Gasteiger partial charge in [-0.05, 0) is 51.7 Å². The highest BCUT2D eigenvalue weighted by Crippen LogP contribution is 2.29. The summed E-state index contributed by atoms with van der Waals surface area (Å²) in [4.78, 5) is 3.98. The zero-order valence-electron chi connectivity index (χ0n) is 10.9. The number of pyridine rings is 1. The Bertz CT molecular complexity index is 594. The van der Waals surface area contributed by atoms with Crippen molar-refractivity contribution in [3.05, 3.63) is 57.3 Å². The number of nitrogens with two attached hydrogens (primary N) is 1. The first-order valence-electron chi connectivity index (χ1n) is 6.03. The van der Waals surface area contributed by atoms with Crippen molar-refractivity contribution in [2.24, 2.45) is 5.84 Å². The van der Waals surface area contributed by atoms with E-state index in [9.17, 15) is 0 Å². The van der Waals surface area contributed by atoms with E-state index in [1.165, 1.54) is 0 Å². The summed E-state index contributed by atoms with van der Waals surface area (Å²) in [6, 6.07) is 7.71. The van der Waals surface area contributed by atoms with Gasteiger partial charge >= 0.3 is 0 Å².